The largest absolute Gasteiger partial charge is 0.358 e. The minimum Gasteiger partial charge on any atom is -0.358 e. The Morgan fingerprint density at radius 3 is 2.54 bits per heavy atom. The molecule has 1 atom stereocenters. The molecule has 0 bridgehead atoms. The second-order valence-electron chi connectivity index (χ2n) is 6.10. The van der Waals surface area contributed by atoms with Crippen molar-refractivity contribution in [3.63, 3.8) is 0 Å². The number of anilines is 1. The second-order valence-corrected chi connectivity index (χ2v) is 6.10. The molecule has 5 heteroatoms. The first-order chi connectivity index (χ1) is 12.7. The normalized spacial score (nSPS) is 11.6. The molecule has 0 spiro atoms. The van der Waals surface area contributed by atoms with E-state index in [-0.39, 0.29) is 18.5 Å². The average molecular weight is 346 g/mol. The Kier molecular flexibility index (Phi) is 5.93. The molecular weight excluding hydrogens is 324 g/mol. The van der Waals surface area contributed by atoms with Crippen molar-refractivity contribution in [1.29, 1.82) is 0 Å². The zero-order valence-corrected chi connectivity index (χ0v) is 14.7. The molecule has 3 aromatic rings. The average Bonchev–Trinajstić information content (AvgIpc) is 2.69. The van der Waals surface area contributed by atoms with Crippen LogP contribution in [0.3, 0.4) is 0 Å². The van der Waals surface area contributed by atoms with Gasteiger partial charge in [0.2, 0.25) is 5.91 Å². The van der Waals surface area contributed by atoms with Gasteiger partial charge in [0.05, 0.1) is 18.3 Å². The SMILES string of the molecule is C[C@@H](NC(=O)CN(Cc1cccnc1)c1ccccc1)c1ccccn1. The number of carbonyl (C=O) groups excluding carboxylic acids is 1. The van der Waals surface area contributed by atoms with Crippen molar-refractivity contribution in [3.8, 4) is 0 Å². The smallest absolute Gasteiger partial charge is 0.240 e. The van der Waals surface area contributed by atoms with Crippen molar-refractivity contribution >= 4 is 11.6 Å². The van der Waals surface area contributed by atoms with E-state index in [4.69, 9.17) is 0 Å². The molecule has 5 nitrogen and oxygen atoms in total. The Balaban J connectivity index is 1.70. The van der Waals surface area contributed by atoms with Crippen LogP contribution in [-0.4, -0.2) is 22.4 Å². The maximum absolute atomic E-state index is 12.6. The van der Waals surface area contributed by atoms with Gasteiger partial charge in [-0.15, -0.1) is 0 Å². The van der Waals surface area contributed by atoms with Crippen LogP contribution >= 0.6 is 0 Å². The topological polar surface area (TPSA) is 58.1 Å². The van der Waals surface area contributed by atoms with Gasteiger partial charge in [0.15, 0.2) is 0 Å². The number of benzene rings is 1. The lowest BCUT2D eigenvalue weighted by molar-refractivity contribution is -0.120. The van der Waals surface area contributed by atoms with Crippen molar-refractivity contribution in [2.24, 2.45) is 0 Å². The Bertz CT molecular complexity index is 809. The maximum atomic E-state index is 12.6. The van der Waals surface area contributed by atoms with Gasteiger partial charge in [0, 0.05) is 30.8 Å². The van der Waals surface area contributed by atoms with Crippen LogP contribution in [0.2, 0.25) is 0 Å². The first-order valence-corrected chi connectivity index (χ1v) is 8.61. The van der Waals surface area contributed by atoms with Gasteiger partial charge in [0.25, 0.3) is 0 Å². The van der Waals surface area contributed by atoms with Crippen molar-refractivity contribution in [1.82, 2.24) is 15.3 Å². The van der Waals surface area contributed by atoms with Crippen molar-refractivity contribution in [3.05, 3.63) is 90.5 Å². The summed E-state index contributed by atoms with van der Waals surface area (Å²) in [6.07, 6.45) is 5.30. The fraction of sp³-hybridized carbons (Fsp3) is 0.190. The number of nitrogens with one attached hydrogen (secondary N) is 1. The van der Waals surface area contributed by atoms with E-state index in [1.165, 1.54) is 0 Å². The Labute approximate surface area is 153 Å². The molecule has 0 fully saturated rings. The second kappa shape index (κ2) is 8.76. The molecule has 0 aliphatic heterocycles. The van der Waals surface area contributed by atoms with E-state index < -0.39 is 0 Å². The third-order valence-electron chi connectivity index (χ3n) is 4.06. The minimum absolute atomic E-state index is 0.0455. The lowest BCUT2D eigenvalue weighted by atomic mass is 10.2. The summed E-state index contributed by atoms with van der Waals surface area (Å²) in [6, 6.07) is 19.4. The number of aromatic nitrogens is 2. The third kappa shape index (κ3) is 4.89. The predicted molar refractivity (Wildman–Crippen MR) is 103 cm³/mol. The maximum Gasteiger partial charge on any atom is 0.240 e. The van der Waals surface area contributed by atoms with Gasteiger partial charge in [-0.05, 0) is 42.8 Å². The number of amides is 1. The van der Waals surface area contributed by atoms with Gasteiger partial charge in [-0.25, -0.2) is 0 Å². The van der Waals surface area contributed by atoms with Gasteiger partial charge in [0.1, 0.15) is 0 Å². The number of rotatable bonds is 7. The third-order valence-corrected chi connectivity index (χ3v) is 4.06. The molecular formula is C21H22N4O. The van der Waals surface area contributed by atoms with E-state index >= 15 is 0 Å². The van der Waals surface area contributed by atoms with Crippen LogP contribution in [0.1, 0.15) is 24.2 Å². The van der Waals surface area contributed by atoms with Gasteiger partial charge >= 0.3 is 0 Å². The van der Waals surface area contributed by atoms with E-state index in [0.29, 0.717) is 6.54 Å². The van der Waals surface area contributed by atoms with Crippen LogP contribution in [0, 0.1) is 0 Å². The summed E-state index contributed by atoms with van der Waals surface area (Å²) in [5.74, 6) is -0.0455. The Morgan fingerprint density at radius 1 is 1.04 bits per heavy atom. The molecule has 0 aliphatic carbocycles. The molecule has 0 saturated carbocycles. The molecule has 1 amide bonds. The summed E-state index contributed by atoms with van der Waals surface area (Å²) in [5, 5.41) is 3.02. The van der Waals surface area contributed by atoms with Gasteiger partial charge in [-0.1, -0.05) is 30.3 Å². The summed E-state index contributed by atoms with van der Waals surface area (Å²) < 4.78 is 0. The monoisotopic (exact) mass is 346 g/mol. The van der Waals surface area contributed by atoms with E-state index in [9.17, 15) is 4.79 Å². The molecule has 0 radical (unpaired) electrons. The lowest BCUT2D eigenvalue weighted by Gasteiger charge is -2.25. The molecule has 2 heterocycles. The van der Waals surface area contributed by atoms with Crippen LogP contribution in [0.4, 0.5) is 5.69 Å². The molecule has 0 saturated heterocycles. The fourth-order valence-electron chi connectivity index (χ4n) is 2.76. The highest BCUT2D eigenvalue weighted by Crippen LogP contribution is 2.16. The first kappa shape index (κ1) is 17.6. The minimum atomic E-state index is -0.139. The molecule has 0 aliphatic rings. The quantitative estimate of drug-likeness (QED) is 0.713. The molecule has 1 aromatic carbocycles. The highest BCUT2D eigenvalue weighted by Gasteiger charge is 2.15. The van der Waals surface area contributed by atoms with Crippen LogP contribution < -0.4 is 10.2 Å². The number of nitrogens with zero attached hydrogens (tertiary/aromatic N) is 3. The van der Waals surface area contributed by atoms with Crippen molar-refractivity contribution < 1.29 is 4.79 Å². The van der Waals surface area contributed by atoms with Crippen LogP contribution in [0.25, 0.3) is 0 Å². The highest BCUT2D eigenvalue weighted by molar-refractivity contribution is 5.81. The van der Waals surface area contributed by atoms with Crippen molar-refractivity contribution in [2.75, 3.05) is 11.4 Å². The number of hydrogen-bond donors (Lipinski definition) is 1. The van der Waals surface area contributed by atoms with Crippen LogP contribution in [0.5, 0.6) is 0 Å². The number of para-hydroxylation sites is 1. The molecule has 2 aromatic heterocycles. The van der Waals surface area contributed by atoms with Crippen LogP contribution in [-0.2, 0) is 11.3 Å². The summed E-state index contributed by atoms with van der Waals surface area (Å²) >= 11 is 0. The van der Waals surface area contributed by atoms with E-state index in [0.717, 1.165) is 16.9 Å². The summed E-state index contributed by atoms with van der Waals surface area (Å²) in [7, 11) is 0. The fourth-order valence-corrected chi connectivity index (χ4v) is 2.76. The molecule has 26 heavy (non-hydrogen) atoms. The first-order valence-electron chi connectivity index (χ1n) is 8.61. The Morgan fingerprint density at radius 2 is 1.85 bits per heavy atom. The van der Waals surface area contributed by atoms with Gasteiger partial charge in [-0.2, -0.15) is 0 Å². The zero-order valence-electron chi connectivity index (χ0n) is 14.7. The summed E-state index contributed by atoms with van der Waals surface area (Å²) in [6.45, 7) is 2.81. The van der Waals surface area contributed by atoms with Gasteiger partial charge < -0.3 is 10.2 Å². The lowest BCUT2D eigenvalue weighted by Crippen LogP contribution is -2.38. The van der Waals surface area contributed by atoms with Gasteiger partial charge in [-0.3, -0.25) is 14.8 Å². The zero-order chi connectivity index (χ0) is 18.2. The molecule has 132 valence electrons. The highest BCUT2D eigenvalue weighted by atomic mass is 16.2. The molecule has 3 rings (SSSR count). The van der Waals surface area contributed by atoms with E-state index in [2.05, 4.69) is 15.3 Å². The number of carbonyl (C=O) groups is 1. The standard InChI is InChI=1S/C21H22N4O/c1-17(20-11-5-6-13-23-20)24-21(26)16-25(19-9-3-2-4-10-19)15-18-8-7-12-22-14-18/h2-14,17H,15-16H2,1H3,(H,24,26)/t17-/m1/s1. The molecule has 1 N–H and O–H groups in total. The summed E-state index contributed by atoms with van der Waals surface area (Å²) in [5.41, 5.74) is 2.90. The van der Waals surface area contributed by atoms with Crippen molar-refractivity contribution in [2.45, 2.75) is 19.5 Å². The Hall–Kier alpha value is -3.21. The number of pyridine rings is 2. The van der Waals surface area contributed by atoms with E-state index in [1.807, 2.05) is 78.7 Å². The van der Waals surface area contributed by atoms with Crippen LogP contribution in [0.15, 0.2) is 79.3 Å². The molecule has 0 unspecified atom stereocenters. The predicted octanol–water partition coefficient (Wildman–Crippen LogP) is 3.36. The van der Waals surface area contributed by atoms with E-state index in [1.54, 1.807) is 12.4 Å². The summed E-state index contributed by atoms with van der Waals surface area (Å²) in [4.78, 5) is 23.1. The number of hydrogen-bond acceptors (Lipinski definition) is 4.